The number of rotatable bonds is 10. The van der Waals surface area contributed by atoms with Gasteiger partial charge in [0.2, 0.25) is 10.0 Å². The van der Waals surface area contributed by atoms with E-state index in [0.29, 0.717) is 39.2 Å². The Balaban J connectivity index is 1.34. The second kappa shape index (κ2) is 12.8. The number of carbonyl (C=O) groups is 1. The zero-order valence-electron chi connectivity index (χ0n) is 20.9. The Hall–Kier alpha value is -3.85. The summed E-state index contributed by atoms with van der Waals surface area (Å²) in [6.45, 7) is 0.419. The number of hydrazone groups is 1. The van der Waals surface area contributed by atoms with E-state index in [0.717, 1.165) is 17.4 Å². The molecule has 4 aromatic rings. The molecule has 7 nitrogen and oxygen atoms in total. The maximum Gasteiger partial charge on any atom is 0.271 e. The molecule has 0 atom stereocenters. The first-order chi connectivity index (χ1) is 18.7. The first-order valence-corrected chi connectivity index (χ1v) is 14.4. The predicted octanol–water partition coefficient (Wildman–Crippen LogP) is 6.30. The van der Waals surface area contributed by atoms with Crippen molar-refractivity contribution in [1.82, 2.24) is 5.43 Å². The molecule has 0 radical (unpaired) electrons. The van der Waals surface area contributed by atoms with Crippen LogP contribution in [0.5, 0.6) is 5.75 Å². The smallest absolute Gasteiger partial charge is 0.271 e. The van der Waals surface area contributed by atoms with Gasteiger partial charge in [-0.2, -0.15) is 5.10 Å². The number of carbonyl (C=O) groups excluding carboxylic acids is 1. The van der Waals surface area contributed by atoms with Crippen molar-refractivity contribution in [1.29, 1.82) is 0 Å². The van der Waals surface area contributed by atoms with Gasteiger partial charge in [0.05, 0.1) is 24.7 Å². The fourth-order valence-electron chi connectivity index (χ4n) is 3.62. The Kier molecular flexibility index (Phi) is 9.24. The largest absolute Gasteiger partial charge is 0.489 e. The summed E-state index contributed by atoms with van der Waals surface area (Å²) in [5.74, 6) is 0.239. The Morgan fingerprint density at radius 2 is 1.46 bits per heavy atom. The lowest BCUT2D eigenvalue weighted by Crippen LogP contribution is -2.29. The van der Waals surface area contributed by atoms with Crippen LogP contribution in [0.15, 0.2) is 102 Å². The molecule has 0 fully saturated rings. The summed E-state index contributed by atoms with van der Waals surface area (Å²) in [5.41, 5.74) is 5.54. The molecule has 10 heteroatoms. The van der Waals surface area contributed by atoms with Crippen molar-refractivity contribution in [2.75, 3.05) is 10.6 Å². The minimum atomic E-state index is -3.60. The number of benzene rings is 4. The Labute approximate surface area is 237 Å². The third-order valence-corrected chi connectivity index (χ3v) is 7.58. The molecule has 0 bridgehead atoms. The number of hydrogen-bond donors (Lipinski definition) is 1. The van der Waals surface area contributed by atoms with E-state index in [1.807, 2.05) is 36.4 Å². The summed E-state index contributed by atoms with van der Waals surface area (Å²) >= 11 is 12.4. The molecule has 0 heterocycles. The van der Waals surface area contributed by atoms with Gasteiger partial charge in [-0.3, -0.25) is 9.10 Å². The topological polar surface area (TPSA) is 88.1 Å². The van der Waals surface area contributed by atoms with E-state index in [4.69, 9.17) is 27.9 Å². The van der Waals surface area contributed by atoms with Gasteiger partial charge in [0.15, 0.2) is 0 Å². The standard InChI is InChI=1S/C29H25Cl2N3O4S/c1-39(36,37)34(19-23-6-2-4-8-27(23)30)25-14-12-22(13-15-25)29(35)33-32-18-21-10-16-26(17-11-21)38-20-24-7-3-5-9-28(24)31/h2-18H,19-20H2,1H3,(H,33,35)/b32-18+. The van der Waals surface area contributed by atoms with E-state index in [-0.39, 0.29) is 6.54 Å². The molecule has 0 saturated carbocycles. The van der Waals surface area contributed by atoms with Gasteiger partial charge in [-0.1, -0.05) is 59.6 Å². The summed E-state index contributed by atoms with van der Waals surface area (Å²) in [6.07, 6.45) is 2.63. The molecular formula is C29H25Cl2N3O4S. The van der Waals surface area contributed by atoms with Crippen molar-refractivity contribution in [3.8, 4) is 5.75 Å². The van der Waals surface area contributed by atoms with Gasteiger partial charge in [0.25, 0.3) is 5.91 Å². The Morgan fingerprint density at radius 1 is 0.872 bits per heavy atom. The normalized spacial score (nSPS) is 11.4. The highest BCUT2D eigenvalue weighted by Gasteiger charge is 2.19. The third-order valence-electron chi connectivity index (χ3n) is 5.70. The molecular weight excluding hydrogens is 557 g/mol. The predicted molar refractivity (Wildman–Crippen MR) is 156 cm³/mol. The molecule has 1 amide bonds. The molecule has 0 aliphatic carbocycles. The number of nitrogens with one attached hydrogen (secondary N) is 1. The van der Waals surface area contributed by atoms with Crippen molar-refractivity contribution < 1.29 is 17.9 Å². The maximum absolute atomic E-state index is 12.5. The van der Waals surface area contributed by atoms with Crippen LogP contribution in [-0.2, 0) is 23.2 Å². The van der Waals surface area contributed by atoms with Crippen LogP contribution in [0, 0.1) is 0 Å². The lowest BCUT2D eigenvalue weighted by Gasteiger charge is -2.23. The lowest BCUT2D eigenvalue weighted by atomic mass is 10.2. The van der Waals surface area contributed by atoms with Crippen LogP contribution < -0.4 is 14.5 Å². The van der Waals surface area contributed by atoms with Crippen molar-refractivity contribution in [3.05, 3.63) is 129 Å². The first kappa shape index (κ1) is 28.2. The van der Waals surface area contributed by atoms with Gasteiger partial charge in [0.1, 0.15) is 12.4 Å². The quantitative estimate of drug-likeness (QED) is 0.176. The van der Waals surface area contributed by atoms with E-state index in [1.165, 1.54) is 22.7 Å². The van der Waals surface area contributed by atoms with Gasteiger partial charge >= 0.3 is 0 Å². The van der Waals surface area contributed by atoms with Gasteiger partial charge in [0, 0.05) is 21.2 Å². The fourth-order valence-corrected chi connectivity index (χ4v) is 4.88. The molecule has 0 aliphatic heterocycles. The molecule has 200 valence electrons. The van der Waals surface area contributed by atoms with E-state index < -0.39 is 15.9 Å². The van der Waals surface area contributed by atoms with Gasteiger partial charge < -0.3 is 4.74 Å². The fraction of sp³-hybridized carbons (Fsp3) is 0.103. The van der Waals surface area contributed by atoms with Crippen molar-refractivity contribution in [3.63, 3.8) is 0 Å². The monoisotopic (exact) mass is 581 g/mol. The molecule has 4 aromatic carbocycles. The van der Waals surface area contributed by atoms with Gasteiger partial charge in [-0.05, 0) is 71.8 Å². The summed E-state index contributed by atoms with van der Waals surface area (Å²) < 4.78 is 31.9. The minimum Gasteiger partial charge on any atom is -0.489 e. The number of amides is 1. The summed E-state index contributed by atoms with van der Waals surface area (Å²) in [4.78, 5) is 12.5. The van der Waals surface area contributed by atoms with Crippen LogP contribution in [0.4, 0.5) is 5.69 Å². The molecule has 4 rings (SSSR count). The van der Waals surface area contributed by atoms with E-state index >= 15 is 0 Å². The van der Waals surface area contributed by atoms with E-state index in [1.54, 1.807) is 48.5 Å². The van der Waals surface area contributed by atoms with E-state index in [9.17, 15) is 13.2 Å². The maximum atomic E-state index is 12.5. The van der Waals surface area contributed by atoms with Crippen molar-refractivity contribution in [2.45, 2.75) is 13.2 Å². The number of ether oxygens (including phenoxy) is 1. The van der Waals surface area contributed by atoms with Gasteiger partial charge in [-0.25, -0.2) is 13.8 Å². The molecule has 0 spiro atoms. The highest BCUT2D eigenvalue weighted by molar-refractivity contribution is 7.92. The second-order valence-electron chi connectivity index (χ2n) is 8.56. The lowest BCUT2D eigenvalue weighted by molar-refractivity contribution is 0.0955. The molecule has 0 aliphatic rings. The van der Waals surface area contributed by atoms with Crippen LogP contribution in [0.2, 0.25) is 10.0 Å². The number of hydrogen-bond acceptors (Lipinski definition) is 5. The molecule has 39 heavy (non-hydrogen) atoms. The summed E-state index contributed by atoms with van der Waals surface area (Å²) in [5, 5.41) is 5.13. The Morgan fingerprint density at radius 3 is 2.05 bits per heavy atom. The average molecular weight is 583 g/mol. The first-order valence-electron chi connectivity index (χ1n) is 11.8. The second-order valence-corrected chi connectivity index (χ2v) is 11.3. The third kappa shape index (κ3) is 7.83. The molecule has 0 unspecified atom stereocenters. The van der Waals surface area contributed by atoms with Crippen LogP contribution >= 0.6 is 23.2 Å². The van der Waals surface area contributed by atoms with Crippen LogP contribution in [-0.4, -0.2) is 26.8 Å². The number of anilines is 1. The zero-order valence-corrected chi connectivity index (χ0v) is 23.2. The summed E-state index contributed by atoms with van der Waals surface area (Å²) in [7, 11) is -3.60. The minimum absolute atomic E-state index is 0.0676. The van der Waals surface area contributed by atoms with Crippen molar-refractivity contribution in [2.24, 2.45) is 5.10 Å². The SMILES string of the molecule is CS(=O)(=O)N(Cc1ccccc1Cl)c1ccc(C(=O)N/N=C/c2ccc(OCc3ccccc3Cl)cc2)cc1. The number of nitrogens with zero attached hydrogens (tertiary/aromatic N) is 2. The van der Waals surface area contributed by atoms with Crippen LogP contribution in [0.1, 0.15) is 27.0 Å². The van der Waals surface area contributed by atoms with E-state index in [2.05, 4.69) is 10.5 Å². The Bertz CT molecular complexity index is 1580. The molecule has 0 aromatic heterocycles. The summed E-state index contributed by atoms with van der Waals surface area (Å²) in [6, 6.07) is 28.0. The van der Waals surface area contributed by atoms with Crippen LogP contribution in [0.25, 0.3) is 0 Å². The highest BCUT2D eigenvalue weighted by Crippen LogP contribution is 2.24. The highest BCUT2D eigenvalue weighted by atomic mass is 35.5. The molecule has 0 saturated heterocycles. The van der Waals surface area contributed by atoms with Crippen molar-refractivity contribution >= 4 is 51.0 Å². The zero-order chi connectivity index (χ0) is 27.8. The molecule has 1 N–H and O–H groups in total. The van der Waals surface area contributed by atoms with Crippen LogP contribution in [0.3, 0.4) is 0 Å². The number of sulfonamides is 1. The average Bonchev–Trinajstić information content (AvgIpc) is 2.92. The van der Waals surface area contributed by atoms with Gasteiger partial charge in [-0.15, -0.1) is 0 Å². The number of halogens is 2.